The summed E-state index contributed by atoms with van der Waals surface area (Å²) in [7, 11) is 0. The number of nitrogens with two attached hydrogens (primary N) is 1. The summed E-state index contributed by atoms with van der Waals surface area (Å²) in [5.74, 6) is 7.70. The van der Waals surface area contributed by atoms with Gasteiger partial charge in [-0.2, -0.15) is 0 Å². The van der Waals surface area contributed by atoms with Gasteiger partial charge in [-0.15, -0.1) is 0 Å². The average molecular weight is 233 g/mol. The predicted molar refractivity (Wildman–Crippen MR) is 64.3 cm³/mol. The Bertz CT molecular complexity index is 455. The van der Waals surface area contributed by atoms with E-state index in [2.05, 4.69) is 10.4 Å². The number of benzene rings is 1. The molecule has 0 amide bonds. The quantitative estimate of drug-likeness (QED) is 0.343. The lowest BCUT2D eigenvalue weighted by molar-refractivity contribution is 0.171. The highest BCUT2D eigenvalue weighted by molar-refractivity contribution is 6.01. The molecule has 5 heteroatoms. The number of fused-ring (bicyclic) bond motifs is 1. The Kier molecular flexibility index (Phi) is 2.60. The molecule has 0 bridgehead atoms. The molecule has 1 aromatic carbocycles. The van der Waals surface area contributed by atoms with Crippen molar-refractivity contribution < 1.29 is 9.47 Å². The largest absolute Gasteiger partial charge is 0.486 e. The first-order valence-corrected chi connectivity index (χ1v) is 5.82. The molecular weight excluding hydrogens is 218 g/mol. The monoisotopic (exact) mass is 233 g/mol. The molecule has 1 aliphatic carbocycles. The second kappa shape index (κ2) is 4.25. The van der Waals surface area contributed by atoms with E-state index in [4.69, 9.17) is 15.3 Å². The number of nitrogens with zero attached hydrogens (tertiary/aromatic N) is 1. The molecule has 1 fully saturated rings. The standard InChI is InChI=1S/C12H15N3O2/c13-15-12(14-8-4-5-8)9-2-1-3-10-11(9)17-7-6-16-10/h1-3,8H,4-7,13H2,(H,14,15). The summed E-state index contributed by atoms with van der Waals surface area (Å²) in [4.78, 5) is 4.53. The zero-order valence-corrected chi connectivity index (χ0v) is 9.48. The van der Waals surface area contributed by atoms with Gasteiger partial charge in [0, 0.05) is 0 Å². The molecule has 0 radical (unpaired) electrons. The summed E-state index contributed by atoms with van der Waals surface area (Å²) in [6.07, 6.45) is 2.27. The van der Waals surface area contributed by atoms with Gasteiger partial charge < -0.3 is 14.9 Å². The molecule has 3 rings (SSSR count). The minimum absolute atomic E-state index is 0.404. The second-order valence-electron chi connectivity index (χ2n) is 4.18. The highest BCUT2D eigenvalue weighted by atomic mass is 16.6. The Morgan fingerprint density at radius 3 is 2.88 bits per heavy atom. The van der Waals surface area contributed by atoms with Crippen LogP contribution in [0.15, 0.2) is 23.2 Å². The third-order valence-electron chi connectivity index (χ3n) is 2.82. The SMILES string of the molecule is NNC(=NC1CC1)c1cccc2c1OCCO2. The van der Waals surface area contributed by atoms with E-state index in [0.717, 1.165) is 29.9 Å². The van der Waals surface area contributed by atoms with Gasteiger partial charge in [-0.05, 0) is 25.0 Å². The first-order valence-electron chi connectivity index (χ1n) is 5.82. The number of ether oxygens (including phenoxy) is 2. The molecule has 5 nitrogen and oxygen atoms in total. The molecular formula is C12H15N3O2. The van der Waals surface area contributed by atoms with Gasteiger partial charge in [0.2, 0.25) is 0 Å². The third-order valence-corrected chi connectivity index (χ3v) is 2.82. The topological polar surface area (TPSA) is 68.9 Å². The highest BCUT2D eigenvalue weighted by Gasteiger charge is 2.24. The minimum atomic E-state index is 0.404. The molecule has 0 spiro atoms. The van der Waals surface area contributed by atoms with Gasteiger partial charge in [0.25, 0.3) is 0 Å². The number of rotatable bonds is 2. The molecule has 0 atom stereocenters. The summed E-state index contributed by atoms with van der Waals surface area (Å²) < 4.78 is 11.2. The molecule has 1 aromatic rings. The fraction of sp³-hybridized carbons (Fsp3) is 0.417. The first-order chi connectivity index (χ1) is 8.38. The van der Waals surface area contributed by atoms with E-state index < -0.39 is 0 Å². The normalized spacial score (nSPS) is 19.0. The van der Waals surface area contributed by atoms with Crippen LogP contribution in [0.4, 0.5) is 0 Å². The van der Waals surface area contributed by atoms with Gasteiger partial charge in [-0.1, -0.05) is 6.07 Å². The summed E-state index contributed by atoms with van der Waals surface area (Å²) in [6.45, 7) is 1.15. The van der Waals surface area contributed by atoms with Crippen LogP contribution in [-0.2, 0) is 0 Å². The van der Waals surface area contributed by atoms with E-state index in [1.54, 1.807) is 0 Å². The number of hydrazine groups is 1. The zero-order chi connectivity index (χ0) is 11.7. The number of hydrogen-bond donors (Lipinski definition) is 2. The molecule has 1 aliphatic heterocycles. The van der Waals surface area contributed by atoms with Crippen LogP contribution >= 0.6 is 0 Å². The Morgan fingerprint density at radius 1 is 1.29 bits per heavy atom. The number of amidine groups is 1. The summed E-state index contributed by atoms with van der Waals surface area (Å²) in [5.41, 5.74) is 3.53. The minimum Gasteiger partial charge on any atom is -0.486 e. The van der Waals surface area contributed by atoms with Crippen molar-refractivity contribution >= 4 is 5.84 Å². The number of aliphatic imine (C=N–C) groups is 1. The van der Waals surface area contributed by atoms with E-state index in [1.807, 2.05) is 18.2 Å². The highest BCUT2D eigenvalue weighted by Crippen LogP contribution is 2.34. The molecule has 2 aliphatic rings. The van der Waals surface area contributed by atoms with Crippen molar-refractivity contribution in [2.24, 2.45) is 10.8 Å². The number of para-hydroxylation sites is 1. The van der Waals surface area contributed by atoms with E-state index in [-0.39, 0.29) is 0 Å². The Labute approximate surface area is 99.6 Å². The van der Waals surface area contributed by atoms with Gasteiger partial charge in [0.1, 0.15) is 19.0 Å². The molecule has 0 aromatic heterocycles. The van der Waals surface area contributed by atoms with Gasteiger partial charge in [-0.3, -0.25) is 4.99 Å². The van der Waals surface area contributed by atoms with Crippen molar-refractivity contribution in [1.29, 1.82) is 0 Å². The molecule has 0 saturated heterocycles. The Balaban J connectivity index is 2.00. The smallest absolute Gasteiger partial charge is 0.172 e. The Morgan fingerprint density at radius 2 is 2.12 bits per heavy atom. The number of nitrogens with one attached hydrogen (secondary N) is 1. The van der Waals surface area contributed by atoms with Crippen molar-refractivity contribution in [3.05, 3.63) is 23.8 Å². The predicted octanol–water partition coefficient (Wildman–Crippen LogP) is 0.830. The van der Waals surface area contributed by atoms with Crippen LogP contribution in [0.3, 0.4) is 0 Å². The van der Waals surface area contributed by atoms with Crippen LogP contribution in [0.2, 0.25) is 0 Å². The van der Waals surface area contributed by atoms with Crippen LogP contribution in [0.1, 0.15) is 18.4 Å². The lowest BCUT2D eigenvalue weighted by atomic mass is 10.1. The lowest BCUT2D eigenvalue weighted by Gasteiger charge is -2.21. The van der Waals surface area contributed by atoms with Crippen LogP contribution in [0.25, 0.3) is 0 Å². The molecule has 0 unspecified atom stereocenters. The van der Waals surface area contributed by atoms with E-state index in [9.17, 15) is 0 Å². The molecule has 17 heavy (non-hydrogen) atoms. The van der Waals surface area contributed by atoms with Crippen LogP contribution in [0.5, 0.6) is 11.5 Å². The molecule has 1 saturated carbocycles. The zero-order valence-electron chi connectivity index (χ0n) is 9.48. The number of hydrogen-bond acceptors (Lipinski definition) is 4. The maximum Gasteiger partial charge on any atom is 0.172 e. The maximum atomic E-state index is 5.64. The van der Waals surface area contributed by atoms with Crippen molar-refractivity contribution in [3.8, 4) is 11.5 Å². The van der Waals surface area contributed by atoms with Crippen molar-refractivity contribution in [3.63, 3.8) is 0 Å². The van der Waals surface area contributed by atoms with Crippen LogP contribution in [-0.4, -0.2) is 25.1 Å². The molecule has 3 N–H and O–H groups in total. The van der Waals surface area contributed by atoms with Crippen LogP contribution < -0.4 is 20.7 Å². The fourth-order valence-electron chi connectivity index (χ4n) is 1.83. The summed E-state index contributed by atoms with van der Waals surface area (Å²) in [5, 5.41) is 0. The van der Waals surface area contributed by atoms with Gasteiger partial charge >= 0.3 is 0 Å². The summed E-state index contributed by atoms with van der Waals surface area (Å²) >= 11 is 0. The fourth-order valence-corrected chi connectivity index (χ4v) is 1.83. The average Bonchev–Trinajstić information content (AvgIpc) is 3.19. The van der Waals surface area contributed by atoms with E-state index in [1.165, 1.54) is 0 Å². The Hall–Kier alpha value is -1.75. The van der Waals surface area contributed by atoms with Crippen molar-refractivity contribution in [1.82, 2.24) is 5.43 Å². The van der Waals surface area contributed by atoms with Gasteiger partial charge in [0.15, 0.2) is 11.5 Å². The van der Waals surface area contributed by atoms with E-state index >= 15 is 0 Å². The second-order valence-corrected chi connectivity index (χ2v) is 4.18. The third kappa shape index (κ3) is 2.06. The first kappa shape index (κ1) is 10.4. The maximum absolute atomic E-state index is 5.64. The van der Waals surface area contributed by atoms with Crippen molar-refractivity contribution in [2.45, 2.75) is 18.9 Å². The van der Waals surface area contributed by atoms with Gasteiger partial charge in [0.05, 0.1) is 11.6 Å². The van der Waals surface area contributed by atoms with E-state index in [0.29, 0.717) is 25.1 Å². The summed E-state index contributed by atoms with van der Waals surface area (Å²) in [6, 6.07) is 6.15. The molecule has 90 valence electrons. The lowest BCUT2D eigenvalue weighted by Crippen LogP contribution is -2.32. The molecule has 1 heterocycles. The van der Waals surface area contributed by atoms with Gasteiger partial charge in [-0.25, -0.2) is 5.84 Å². The van der Waals surface area contributed by atoms with Crippen LogP contribution in [0, 0.1) is 0 Å². The van der Waals surface area contributed by atoms with Crippen molar-refractivity contribution in [2.75, 3.05) is 13.2 Å².